The van der Waals surface area contributed by atoms with Crippen LogP contribution in [0.2, 0.25) is 0 Å². The molecule has 0 saturated heterocycles. The smallest absolute Gasteiger partial charge is 0.00104 e. The Balaban J connectivity index is 2.02. The third-order valence-electron chi connectivity index (χ3n) is 4.84. The summed E-state index contributed by atoms with van der Waals surface area (Å²) in [5.41, 5.74) is 4.45. The lowest BCUT2D eigenvalue weighted by Crippen LogP contribution is -2.35. The van der Waals surface area contributed by atoms with Crippen molar-refractivity contribution < 1.29 is 0 Å². The highest BCUT2D eigenvalue weighted by molar-refractivity contribution is 5.30. The fourth-order valence-electron chi connectivity index (χ4n) is 3.51. The highest BCUT2D eigenvalue weighted by Crippen LogP contribution is 2.33. The fraction of sp³-hybridized carbons (Fsp3) is 0.684. The molecule has 0 radical (unpaired) electrons. The van der Waals surface area contributed by atoms with Crippen molar-refractivity contribution >= 4 is 0 Å². The van der Waals surface area contributed by atoms with E-state index in [4.69, 9.17) is 0 Å². The maximum absolute atomic E-state index is 3.66. The van der Waals surface area contributed by atoms with Gasteiger partial charge >= 0.3 is 0 Å². The second kappa shape index (κ2) is 7.26. The monoisotopic (exact) mass is 273 g/mol. The molecular weight excluding hydrogens is 242 g/mol. The Kier molecular flexibility index (Phi) is 5.65. The summed E-state index contributed by atoms with van der Waals surface area (Å²) in [5.74, 6) is 1.74. The van der Waals surface area contributed by atoms with Crippen molar-refractivity contribution in [2.24, 2.45) is 11.8 Å². The molecule has 1 saturated carbocycles. The van der Waals surface area contributed by atoms with Gasteiger partial charge in [0, 0.05) is 6.04 Å². The van der Waals surface area contributed by atoms with Crippen LogP contribution in [-0.4, -0.2) is 12.6 Å². The molecule has 1 aliphatic rings. The topological polar surface area (TPSA) is 12.0 Å². The third-order valence-corrected chi connectivity index (χ3v) is 4.84. The highest BCUT2D eigenvalue weighted by Gasteiger charge is 2.25. The molecule has 20 heavy (non-hydrogen) atoms. The van der Waals surface area contributed by atoms with Crippen molar-refractivity contribution in [3.05, 3.63) is 34.9 Å². The lowest BCUT2D eigenvalue weighted by atomic mass is 9.75. The van der Waals surface area contributed by atoms with Crippen molar-refractivity contribution in [2.45, 2.75) is 65.8 Å². The van der Waals surface area contributed by atoms with Gasteiger partial charge in [0.1, 0.15) is 0 Å². The number of rotatable bonds is 5. The molecular formula is C19H31N. The van der Waals surface area contributed by atoms with E-state index in [1.54, 1.807) is 5.56 Å². The Morgan fingerprint density at radius 2 is 1.80 bits per heavy atom. The molecule has 0 heterocycles. The predicted octanol–water partition coefficient (Wildman–Crippen LogP) is 4.65. The van der Waals surface area contributed by atoms with Crippen LogP contribution in [0.1, 0.15) is 56.2 Å². The van der Waals surface area contributed by atoms with Crippen LogP contribution in [0.4, 0.5) is 0 Å². The lowest BCUT2D eigenvalue weighted by Gasteiger charge is -2.33. The van der Waals surface area contributed by atoms with Crippen molar-refractivity contribution in [3.63, 3.8) is 0 Å². The van der Waals surface area contributed by atoms with Crippen LogP contribution >= 0.6 is 0 Å². The van der Waals surface area contributed by atoms with Gasteiger partial charge in [0.25, 0.3) is 0 Å². The van der Waals surface area contributed by atoms with Gasteiger partial charge in [-0.2, -0.15) is 0 Å². The summed E-state index contributed by atoms with van der Waals surface area (Å²) in [4.78, 5) is 0. The van der Waals surface area contributed by atoms with Gasteiger partial charge in [-0.15, -0.1) is 0 Å². The van der Waals surface area contributed by atoms with E-state index in [0.29, 0.717) is 6.04 Å². The SMILES string of the molecule is Cc1ccc(C)c(CC2CCCCC2CNC(C)C)c1. The first-order valence-electron chi connectivity index (χ1n) is 8.35. The molecule has 2 rings (SSSR count). The molecule has 1 aromatic rings. The molecule has 1 nitrogen and oxygen atoms in total. The zero-order chi connectivity index (χ0) is 14.5. The summed E-state index contributed by atoms with van der Waals surface area (Å²) in [6.45, 7) is 10.2. The summed E-state index contributed by atoms with van der Waals surface area (Å²) in [6.07, 6.45) is 6.95. The molecule has 112 valence electrons. The average Bonchev–Trinajstić information content (AvgIpc) is 2.42. The van der Waals surface area contributed by atoms with Crippen molar-refractivity contribution in [1.82, 2.24) is 5.32 Å². The standard InChI is InChI=1S/C19H31N/c1-14(2)20-13-18-8-6-5-7-17(18)12-19-11-15(3)9-10-16(19)4/h9-11,14,17-18,20H,5-8,12-13H2,1-4H3. The van der Waals surface area contributed by atoms with Gasteiger partial charge in [-0.1, -0.05) is 50.5 Å². The number of aryl methyl sites for hydroxylation is 2. The van der Waals surface area contributed by atoms with Crippen LogP contribution in [0.25, 0.3) is 0 Å². The first-order chi connectivity index (χ1) is 9.56. The Bertz CT molecular complexity index is 422. The van der Waals surface area contributed by atoms with E-state index in [2.05, 4.69) is 51.2 Å². The molecule has 0 aromatic heterocycles. The summed E-state index contributed by atoms with van der Waals surface area (Å²) >= 11 is 0. The van der Waals surface area contributed by atoms with Gasteiger partial charge in [0.15, 0.2) is 0 Å². The van der Waals surface area contributed by atoms with Gasteiger partial charge in [0.2, 0.25) is 0 Å². The first kappa shape index (κ1) is 15.6. The second-order valence-electron chi connectivity index (χ2n) is 7.00. The maximum Gasteiger partial charge on any atom is 0.00104 e. The fourth-order valence-corrected chi connectivity index (χ4v) is 3.51. The average molecular weight is 273 g/mol. The summed E-state index contributed by atoms with van der Waals surface area (Å²) in [6, 6.07) is 7.53. The highest BCUT2D eigenvalue weighted by atomic mass is 14.9. The Labute approximate surface area is 125 Å². The summed E-state index contributed by atoms with van der Waals surface area (Å²) in [5, 5.41) is 3.66. The van der Waals surface area contributed by atoms with Gasteiger partial charge in [-0.25, -0.2) is 0 Å². The van der Waals surface area contributed by atoms with Crippen LogP contribution in [0.5, 0.6) is 0 Å². The number of hydrogen-bond donors (Lipinski definition) is 1. The van der Waals surface area contributed by atoms with E-state index in [0.717, 1.165) is 11.8 Å². The summed E-state index contributed by atoms with van der Waals surface area (Å²) in [7, 11) is 0. The van der Waals surface area contributed by atoms with E-state index in [1.807, 2.05) is 0 Å². The quantitative estimate of drug-likeness (QED) is 0.823. The maximum atomic E-state index is 3.66. The van der Waals surface area contributed by atoms with Gasteiger partial charge in [-0.05, 0) is 62.6 Å². The molecule has 0 aliphatic heterocycles. The molecule has 1 N–H and O–H groups in total. The van der Waals surface area contributed by atoms with Crippen LogP contribution in [0, 0.1) is 25.7 Å². The van der Waals surface area contributed by atoms with Crippen LogP contribution in [0.3, 0.4) is 0 Å². The third kappa shape index (κ3) is 4.34. The molecule has 1 fully saturated rings. The zero-order valence-electron chi connectivity index (χ0n) is 13.7. The number of nitrogens with one attached hydrogen (secondary N) is 1. The Morgan fingerprint density at radius 3 is 2.50 bits per heavy atom. The van der Waals surface area contributed by atoms with Gasteiger partial charge < -0.3 is 5.32 Å². The number of benzene rings is 1. The molecule has 0 amide bonds. The molecule has 1 heteroatoms. The Morgan fingerprint density at radius 1 is 1.10 bits per heavy atom. The van der Waals surface area contributed by atoms with E-state index >= 15 is 0 Å². The lowest BCUT2D eigenvalue weighted by molar-refractivity contribution is 0.224. The molecule has 1 aliphatic carbocycles. The molecule has 1 aromatic carbocycles. The van der Waals surface area contributed by atoms with Crippen molar-refractivity contribution in [2.75, 3.05) is 6.54 Å². The minimum Gasteiger partial charge on any atom is -0.314 e. The molecule has 2 atom stereocenters. The first-order valence-corrected chi connectivity index (χ1v) is 8.35. The molecule has 2 unspecified atom stereocenters. The normalized spacial score (nSPS) is 23.2. The minimum absolute atomic E-state index is 0.610. The zero-order valence-corrected chi connectivity index (χ0v) is 13.7. The van der Waals surface area contributed by atoms with Gasteiger partial charge in [0.05, 0.1) is 0 Å². The predicted molar refractivity (Wildman–Crippen MR) is 88.2 cm³/mol. The van der Waals surface area contributed by atoms with Crippen LogP contribution < -0.4 is 5.32 Å². The Hall–Kier alpha value is -0.820. The van der Waals surface area contributed by atoms with E-state index in [1.165, 1.54) is 49.8 Å². The second-order valence-corrected chi connectivity index (χ2v) is 7.00. The summed E-state index contributed by atoms with van der Waals surface area (Å²) < 4.78 is 0. The van der Waals surface area contributed by atoms with Crippen molar-refractivity contribution in [3.8, 4) is 0 Å². The van der Waals surface area contributed by atoms with Crippen LogP contribution in [-0.2, 0) is 6.42 Å². The van der Waals surface area contributed by atoms with E-state index < -0.39 is 0 Å². The molecule has 0 bridgehead atoms. The van der Waals surface area contributed by atoms with Crippen LogP contribution in [0.15, 0.2) is 18.2 Å². The molecule has 0 spiro atoms. The van der Waals surface area contributed by atoms with Crippen molar-refractivity contribution in [1.29, 1.82) is 0 Å². The van der Waals surface area contributed by atoms with E-state index in [-0.39, 0.29) is 0 Å². The largest absolute Gasteiger partial charge is 0.314 e. The van der Waals surface area contributed by atoms with Gasteiger partial charge in [-0.3, -0.25) is 0 Å². The van der Waals surface area contributed by atoms with E-state index in [9.17, 15) is 0 Å². The minimum atomic E-state index is 0.610. The number of hydrogen-bond acceptors (Lipinski definition) is 1.